The number of unbranched alkanes of at least 4 members (excludes halogenated alkanes) is 3. The molecular weight excluding hydrogens is 628 g/mol. The Morgan fingerprint density at radius 3 is 2.58 bits per heavy atom. The van der Waals surface area contributed by atoms with Gasteiger partial charge in [-0.3, -0.25) is 23.8 Å². The molecule has 3 aliphatic heterocycles. The predicted molar refractivity (Wildman–Crippen MR) is 166 cm³/mol. The average Bonchev–Trinajstić information content (AvgIpc) is 3.17. The van der Waals surface area contributed by atoms with E-state index < -0.39 is 34.0 Å². The highest BCUT2D eigenvalue weighted by Crippen LogP contribution is 2.45. The number of nitrogens with zero attached hydrogens (tertiary/aromatic N) is 3. The summed E-state index contributed by atoms with van der Waals surface area (Å²) in [6.07, 6.45) is 5.61. The Bertz CT molecular complexity index is 1730. The zero-order chi connectivity index (χ0) is 32.3. The average molecular weight is 664 g/mol. The smallest absolute Gasteiger partial charge is 0.278 e. The van der Waals surface area contributed by atoms with Crippen LogP contribution >= 0.6 is 11.8 Å². The van der Waals surface area contributed by atoms with E-state index in [9.17, 15) is 22.4 Å². The Labute approximate surface area is 264 Å². The fourth-order valence-electron chi connectivity index (χ4n) is 5.81. The van der Waals surface area contributed by atoms with Crippen LogP contribution in [0.25, 0.3) is 0 Å². The van der Waals surface area contributed by atoms with Crippen LogP contribution in [0, 0.1) is 11.6 Å². The molecule has 0 unspecified atom stereocenters. The summed E-state index contributed by atoms with van der Waals surface area (Å²) >= 11 is 1.45. The lowest BCUT2D eigenvalue weighted by Crippen LogP contribution is -2.66. The first kappa shape index (κ1) is 32.9. The van der Waals surface area contributed by atoms with Gasteiger partial charge in [-0.25, -0.2) is 8.78 Å². The maximum absolute atomic E-state index is 15.3. The van der Waals surface area contributed by atoms with E-state index in [1.807, 2.05) is 29.3 Å². The Morgan fingerprint density at radius 2 is 1.82 bits per heavy atom. The summed E-state index contributed by atoms with van der Waals surface area (Å²) in [5, 5.41) is 1.96. The van der Waals surface area contributed by atoms with Gasteiger partial charge in [0, 0.05) is 35.0 Å². The summed E-state index contributed by atoms with van der Waals surface area (Å²) in [6.45, 7) is 3.34. The van der Waals surface area contributed by atoms with Gasteiger partial charge in [0.2, 0.25) is 5.43 Å². The minimum atomic E-state index is -3.67. The zero-order valence-electron chi connectivity index (χ0n) is 24.9. The fourth-order valence-corrected chi connectivity index (χ4v) is 6.93. The topological polar surface area (TPSA) is 118 Å². The molecule has 10 nitrogen and oxygen atoms in total. The number of halogens is 2. The quantitative estimate of drug-likeness (QED) is 0.283. The van der Waals surface area contributed by atoms with Crippen LogP contribution in [0.1, 0.15) is 65.8 Å². The van der Waals surface area contributed by atoms with Crippen molar-refractivity contribution in [1.82, 2.24) is 9.58 Å². The third-order valence-electron chi connectivity index (χ3n) is 7.78. The van der Waals surface area contributed by atoms with E-state index in [0.717, 1.165) is 42.2 Å². The number of benzene rings is 2. The standard InChI is InChI=1S/C30H31F2N3O4S.CH4O3S/c1-2-3-4-7-15-39-29-23(36)12-13-34-28(29)30(37)33-14-16-38-17-25(33)35(34)27-19-10-11-22(31)26(32)21(19)18-40-24-9-6-5-8-20(24)27;1-5(2,3)4/h5-6,8-13,25,27H,2-4,7,14-18H2,1H3;1H3,(H,2,3,4)/t25-,27+;/m1./s1. The molecule has 1 aromatic heterocycles. The molecule has 1 N–H and O–H groups in total. The molecule has 0 spiro atoms. The number of morpholine rings is 1. The van der Waals surface area contributed by atoms with Gasteiger partial charge < -0.3 is 14.4 Å². The lowest BCUT2D eigenvalue weighted by molar-refractivity contribution is -0.0198. The molecule has 0 bridgehead atoms. The largest absolute Gasteiger partial charge is 0.487 e. The van der Waals surface area contributed by atoms with Crippen LogP contribution in [0.4, 0.5) is 8.78 Å². The van der Waals surface area contributed by atoms with E-state index in [2.05, 4.69) is 6.92 Å². The Balaban J connectivity index is 0.000000743. The lowest BCUT2D eigenvalue weighted by atomic mass is 9.93. The van der Waals surface area contributed by atoms with Crippen LogP contribution in [-0.2, 0) is 20.6 Å². The molecule has 2 atom stereocenters. The third kappa shape index (κ3) is 7.03. The minimum absolute atomic E-state index is 0.0146. The van der Waals surface area contributed by atoms with Crippen LogP contribution < -0.4 is 15.2 Å². The second-order valence-corrected chi connectivity index (χ2v) is 13.4. The molecular formula is C31H35F2N3O7S2. The molecule has 3 aromatic rings. The molecule has 4 heterocycles. The SMILES string of the molecule is CCCCCCOc1c2n(ccc1=O)N([C@@H]1c3ccccc3SCc3c1ccc(F)c3F)[C@@H]1COCCN1C2=O.CS(=O)(=O)O. The summed E-state index contributed by atoms with van der Waals surface area (Å²) in [5.74, 6) is -1.81. The van der Waals surface area contributed by atoms with Crippen LogP contribution in [0.5, 0.6) is 5.75 Å². The van der Waals surface area contributed by atoms with E-state index in [0.29, 0.717) is 31.6 Å². The van der Waals surface area contributed by atoms with Crippen molar-refractivity contribution < 1.29 is 36.0 Å². The molecule has 0 saturated carbocycles. The first-order valence-corrected chi connectivity index (χ1v) is 17.5. The number of thioether (sulfide) groups is 1. The number of aromatic nitrogens is 1. The number of amides is 1. The molecule has 45 heavy (non-hydrogen) atoms. The van der Waals surface area contributed by atoms with Crippen molar-refractivity contribution in [2.24, 2.45) is 0 Å². The van der Waals surface area contributed by atoms with Gasteiger partial charge in [-0.2, -0.15) is 8.42 Å². The summed E-state index contributed by atoms with van der Waals surface area (Å²) < 4.78 is 69.2. The number of ether oxygens (including phenoxy) is 2. The zero-order valence-corrected chi connectivity index (χ0v) is 26.6. The Kier molecular flexibility index (Phi) is 10.2. The van der Waals surface area contributed by atoms with Gasteiger partial charge in [0.15, 0.2) is 23.1 Å². The number of fused-ring (bicyclic) bond motifs is 4. The van der Waals surface area contributed by atoms with Gasteiger partial charge in [-0.05, 0) is 29.7 Å². The fraction of sp³-hybridized carbons (Fsp3) is 0.419. The Hall–Kier alpha value is -3.46. The predicted octanol–water partition coefficient (Wildman–Crippen LogP) is 4.74. The molecule has 0 aliphatic carbocycles. The van der Waals surface area contributed by atoms with Crippen LogP contribution in [0.15, 0.2) is 58.4 Å². The van der Waals surface area contributed by atoms with Gasteiger partial charge in [0.1, 0.15) is 6.17 Å². The van der Waals surface area contributed by atoms with Gasteiger partial charge in [0.05, 0.1) is 32.1 Å². The van der Waals surface area contributed by atoms with E-state index in [1.165, 1.54) is 17.8 Å². The van der Waals surface area contributed by atoms with Gasteiger partial charge in [-0.1, -0.05) is 50.5 Å². The van der Waals surface area contributed by atoms with Crippen molar-refractivity contribution in [2.75, 3.05) is 37.6 Å². The van der Waals surface area contributed by atoms with E-state index in [-0.39, 0.29) is 40.7 Å². The highest BCUT2D eigenvalue weighted by atomic mass is 32.2. The monoisotopic (exact) mass is 663 g/mol. The van der Waals surface area contributed by atoms with Crippen LogP contribution in [0.3, 0.4) is 0 Å². The minimum Gasteiger partial charge on any atom is -0.487 e. The number of pyridine rings is 1. The van der Waals surface area contributed by atoms with Crippen molar-refractivity contribution >= 4 is 27.8 Å². The van der Waals surface area contributed by atoms with Crippen molar-refractivity contribution in [3.63, 3.8) is 0 Å². The molecule has 1 saturated heterocycles. The first-order valence-electron chi connectivity index (χ1n) is 14.7. The van der Waals surface area contributed by atoms with Crippen LogP contribution in [0.2, 0.25) is 0 Å². The number of carbonyl (C=O) groups excluding carboxylic acids is 1. The number of rotatable bonds is 7. The second-order valence-electron chi connectivity index (χ2n) is 10.9. The maximum atomic E-state index is 15.3. The highest BCUT2D eigenvalue weighted by molar-refractivity contribution is 7.98. The summed E-state index contributed by atoms with van der Waals surface area (Å²) in [5.41, 5.74) is 1.54. The van der Waals surface area contributed by atoms with Gasteiger partial charge in [-0.15, -0.1) is 11.8 Å². The molecule has 6 rings (SSSR count). The van der Waals surface area contributed by atoms with Crippen LogP contribution in [-0.4, -0.2) is 67.2 Å². The maximum Gasteiger partial charge on any atom is 0.278 e. The second kappa shape index (κ2) is 13.9. The first-order chi connectivity index (χ1) is 21.5. The molecule has 14 heteroatoms. The molecule has 1 amide bonds. The molecule has 0 radical (unpaired) electrons. The van der Waals surface area contributed by atoms with Crippen molar-refractivity contribution in [3.8, 4) is 5.75 Å². The summed E-state index contributed by atoms with van der Waals surface area (Å²) in [4.78, 5) is 29.6. The van der Waals surface area contributed by atoms with E-state index in [1.54, 1.807) is 21.8 Å². The normalized spacial score (nSPS) is 18.9. The number of hydrogen-bond donors (Lipinski definition) is 1. The lowest BCUT2D eigenvalue weighted by Gasteiger charge is -2.51. The highest BCUT2D eigenvalue weighted by Gasteiger charge is 2.46. The molecule has 3 aliphatic rings. The van der Waals surface area contributed by atoms with Crippen molar-refractivity contribution in [2.45, 2.75) is 55.5 Å². The molecule has 2 aromatic carbocycles. The molecule has 242 valence electrons. The Morgan fingerprint density at radius 1 is 1.07 bits per heavy atom. The third-order valence-corrected chi connectivity index (χ3v) is 8.89. The van der Waals surface area contributed by atoms with Crippen molar-refractivity contribution in [3.05, 3.63) is 92.9 Å². The van der Waals surface area contributed by atoms with E-state index >= 15 is 4.39 Å². The number of carbonyl (C=O) groups is 1. The van der Waals surface area contributed by atoms with E-state index in [4.69, 9.17) is 14.0 Å². The summed E-state index contributed by atoms with van der Waals surface area (Å²) in [7, 11) is -3.67. The van der Waals surface area contributed by atoms with Gasteiger partial charge in [0.25, 0.3) is 16.0 Å². The van der Waals surface area contributed by atoms with Crippen molar-refractivity contribution in [1.29, 1.82) is 0 Å². The molecule has 1 fully saturated rings. The number of hydrogen-bond acceptors (Lipinski definition) is 8. The van der Waals surface area contributed by atoms with Gasteiger partial charge >= 0.3 is 0 Å². The summed E-state index contributed by atoms with van der Waals surface area (Å²) in [6, 6.07) is 11.3.